The Balaban J connectivity index is 2.26. The van der Waals surface area contributed by atoms with Gasteiger partial charge in [0.05, 0.1) is 11.7 Å². The van der Waals surface area contributed by atoms with Gasteiger partial charge >= 0.3 is 0 Å². The molecule has 15 heavy (non-hydrogen) atoms. The van der Waals surface area contributed by atoms with Gasteiger partial charge in [-0.1, -0.05) is 6.92 Å². The summed E-state index contributed by atoms with van der Waals surface area (Å²) in [4.78, 5) is 4.72. The molecule has 0 amide bonds. The van der Waals surface area contributed by atoms with Crippen LogP contribution >= 0.6 is 11.8 Å². The molecule has 1 aromatic heterocycles. The number of aromatic nitrogens is 2. The van der Waals surface area contributed by atoms with E-state index in [1.807, 2.05) is 11.8 Å². The highest BCUT2D eigenvalue weighted by molar-refractivity contribution is 7.98. The van der Waals surface area contributed by atoms with Crippen LogP contribution in [0.15, 0.2) is 6.20 Å². The van der Waals surface area contributed by atoms with E-state index in [2.05, 4.69) is 29.3 Å². The van der Waals surface area contributed by atoms with Crippen LogP contribution < -0.4 is 5.32 Å². The van der Waals surface area contributed by atoms with Crippen molar-refractivity contribution in [3.63, 3.8) is 0 Å². The Kier molecular flexibility index (Phi) is 3.70. The lowest BCUT2D eigenvalue weighted by Crippen LogP contribution is -2.24. The zero-order valence-corrected chi connectivity index (χ0v) is 10.3. The van der Waals surface area contributed by atoms with Crippen LogP contribution in [0.1, 0.15) is 30.9 Å². The second-order valence-electron chi connectivity index (χ2n) is 3.95. The van der Waals surface area contributed by atoms with Crippen molar-refractivity contribution in [2.24, 2.45) is 0 Å². The Labute approximate surface area is 95.7 Å². The first-order valence-corrected chi connectivity index (χ1v) is 7.02. The standard InChI is InChI=1S/C11H19N3S/c1-3-9-7-14-6-4-5-12-10(8-15-2)11(14)13-9/h7,10,12H,3-6,8H2,1-2H3. The van der Waals surface area contributed by atoms with E-state index in [1.165, 1.54) is 17.9 Å². The number of thioether (sulfide) groups is 1. The van der Waals surface area contributed by atoms with E-state index in [0.29, 0.717) is 6.04 Å². The molecule has 1 atom stereocenters. The summed E-state index contributed by atoms with van der Waals surface area (Å²) >= 11 is 1.88. The fraction of sp³-hybridized carbons (Fsp3) is 0.727. The largest absolute Gasteiger partial charge is 0.333 e. The van der Waals surface area contributed by atoms with Gasteiger partial charge in [-0.3, -0.25) is 0 Å². The van der Waals surface area contributed by atoms with E-state index in [-0.39, 0.29) is 0 Å². The number of nitrogens with zero attached hydrogens (tertiary/aromatic N) is 2. The minimum atomic E-state index is 0.433. The lowest BCUT2D eigenvalue weighted by molar-refractivity contribution is 0.577. The van der Waals surface area contributed by atoms with Gasteiger partial charge in [-0.2, -0.15) is 11.8 Å². The van der Waals surface area contributed by atoms with Crippen molar-refractivity contribution in [1.82, 2.24) is 14.9 Å². The number of hydrogen-bond donors (Lipinski definition) is 1. The van der Waals surface area contributed by atoms with Gasteiger partial charge in [0.1, 0.15) is 5.82 Å². The van der Waals surface area contributed by atoms with Crippen LogP contribution in [0.4, 0.5) is 0 Å². The van der Waals surface area contributed by atoms with Crippen LogP contribution in [-0.2, 0) is 13.0 Å². The molecule has 1 aliphatic heterocycles. The molecule has 2 heterocycles. The van der Waals surface area contributed by atoms with Gasteiger partial charge in [0.2, 0.25) is 0 Å². The molecule has 0 bridgehead atoms. The molecule has 0 aliphatic carbocycles. The maximum Gasteiger partial charge on any atom is 0.127 e. The van der Waals surface area contributed by atoms with Crippen molar-refractivity contribution in [2.45, 2.75) is 32.4 Å². The molecular formula is C11H19N3S. The van der Waals surface area contributed by atoms with E-state index in [4.69, 9.17) is 4.98 Å². The van der Waals surface area contributed by atoms with Gasteiger partial charge in [0, 0.05) is 18.5 Å². The third-order valence-corrected chi connectivity index (χ3v) is 3.50. The molecule has 1 aliphatic rings. The van der Waals surface area contributed by atoms with Crippen molar-refractivity contribution in [2.75, 3.05) is 18.6 Å². The maximum atomic E-state index is 4.72. The van der Waals surface area contributed by atoms with Crippen molar-refractivity contribution < 1.29 is 0 Å². The van der Waals surface area contributed by atoms with E-state index in [0.717, 1.165) is 25.3 Å². The summed E-state index contributed by atoms with van der Waals surface area (Å²) in [5.41, 5.74) is 1.22. The van der Waals surface area contributed by atoms with Crippen molar-refractivity contribution in [3.8, 4) is 0 Å². The van der Waals surface area contributed by atoms with Crippen LogP contribution in [0, 0.1) is 0 Å². The van der Waals surface area contributed by atoms with Crippen molar-refractivity contribution in [1.29, 1.82) is 0 Å². The quantitative estimate of drug-likeness (QED) is 0.851. The Hall–Kier alpha value is -0.480. The molecule has 1 unspecified atom stereocenters. The fourth-order valence-electron chi connectivity index (χ4n) is 2.03. The first kappa shape index (κ1) is 11.0. The molecule has 1 N–H and O–H groups in total. The average molecular weight is 225 g/mol. The van der Waals surface area contributed by atoms with E-state index in [9.17, 15) is 0 Å². The number of rotatable bonds is 3. The van der Waals surface area contributed by atoms with Crippen molar-refractivity contribution in [3.05, 3.63) is 17.7 Å². The summed E-state index contributed by atoms with van der Waals surface area (Å²) in [5.74, 6) is 2.35. The number of aryl methyl sites for hydroxylation is 2. The summed E-state index contributed by atoms with van der Waals surface area (Å²) in [6.07, 6.45) is 6.61. The highest BCUT2D eigenvalue weighted by Gasteiger charge is 2.20. The fourth-order valence-corrected chi connectivity index (χ4v) is 2.63. The predicted molar refractivity (Wildman–Crippen MR) is 65.3 cm³/mol. The van der Waals surface area contributed by atoms with E-state index >= 15 is 0 Å². The Bertz CT molecular complexity index is 322. The topological polar surface area (TPSA) is 29.9 Å². The summed E-state index contributed by atoms with van der Waals surface area (Å²) in [6, 6.07) is 0.433. The van der Waals surface area contributed by atoms with E-state index in [1.54, 1.807) is 0 Å². The van der Waals surface area contributed by atoms with Gasteiger partial charge in [0.25, 0.3) is 0 Å². The summed E-state index contributed by atoms with van der Waals surface area (Å²) < 4.78 is 2.33. The minimum Gasteiger partial charge on any atom is -0.333 e. The molecule has 0 saturated heterocycles. The first-order valence-electron chi connectivity index (χ1n) is 5.63. The number of fused-ring (bicyclic) bond motifs is 1. The lowest BCUT2D eigenvalue weighted by Gasteiger charge is -2.14. The number of imidazole rings is 1. The summed E-state index contributed by atoms with van der Waals surface area (Å²) in [7, 11) is 0. The van der Waals surface area contributed by atoms with Crippen LogP contribution in [0.25, 0.3) is 0 Å². The maximum absolute atomic E-state index is 4.72. The van der Waals surface area contributed by atoms with Gasteiger partial charge in [0.15, 0.2) is 0 Å². The smallest absolute Gasteiger partial charge is 0.127 e. The normalized spacial score (nSPS) is 21.1. The van der Waals surface area contributed by atoms with Gasteiger partial charge in [-0.05, 0) is 25.6 Å². The number of hydrogen-bond acceptors (Lipinski definition) is 3. The molecule has 0 aromatic carbocycles. The number of nitrogens with one attached hydrogen (secondary N) is 1. The zero-order valence-electron chi connectivity index (χ0n) is 9.49. The SMILES string of the molecule is CCc1cn2c(n1)C(CSC)NCCC2. The molecule has 84 valence electrons. The zero-order chi connectivity index (χ0) is 10.7. The van der Waals surface area contributed by atoms with E-state index < -0.39 is 0 Å². The minimum absolute atomic E-state index is 0.433. The Morgan fingerprint density at radius 1 is 1.67 bits per heavy atom. The lowest BCUT2D eigenvalue weighted by atomic mass is 10.3. The Morgan fingerprint density at radius 2 is 2.53 bits per heavy atom. The highest BCUT2D eigenvalue weighted by atomic mass is 32.2. The molecular weight excluding hydrogens is 206 g/mol. The first-order chi connectivity index (χ1) is 7.35. The Morgan fingerprint density at radius 3 is 3.27 bits per heavy atom. The highest BCUT2D eigenvalue weighted by Crippen LogP contribution is 2.20. The summed E-state index contributed by atoms with van der Waals surface area (Å²) in [6.45, 7) is 4.38. The second-order valence-corrected chi connectivity index (χ2v) is 4.86. The molecule has 3 nitrogen and oxygen atoms in total. The molecule has 1 aromatic rings. The summed E-state index contributed by atoms with van der Waals surface area (Å²) in [5, 5.41) is 3.57. The van der Waals surface area contributed by atoms with Crippen LogP contribution in [-0.4, -0.2) is 28.1 Å². The molecule has 0 radical (unpaired) electrons. The van der Waals surface area contributed by atoms with Crippen molar-refractivity contribution >= 4 is 11.8 Å². The van der Waals surface area contributed by atoms with Gasteiger partial charge < -0.3 is 9.88 Å². The van der Waals surface area contributed by atoms with Gasteiger partial charge in [-0.25, -0.2) is 4.98 Å². The van der Waals surface area contributed by atoms with Gasteiger partial charge in [-0.15, -0.1) is 0 Å². The average Bonchev–Trinajstić information content (AvgIpc) is 2.58. The third kappa shape index (κ3) is 2.37. The van der Waals surface area contributed by atoms with Crippen LogP contribution in [0.5, 0.6) is 0 Å². The van der Waals surface area contributed by atoms with Crippen LogP contribution in [0.2, 0.25) is 0 Å². The molecule has 0 spiro atoms. The molecule has 2 rings (SSSR count). The second kappa shape index (κ2) is 5.03. The third-order valence-electron chi connectivity index (χ3n) is 2.83. The monoisotopic (exact) mass is 225 g/mol. The molecule has 0 saturated carbocycles. The molecule has 0 fully saturated rings. The predicted octanol–water partition coefficient (Wildman–Crippen LogP) is 1.84. The molecule has 4 heteroatoms. The van der Waals surface area contributed by atoms with Crippen LogP contribution in [0.3, 0.4) is 0 Å².